The van der Waals surface area contributed by atoms with Crippen molar-refractivity contribution in [3.05, 3.63) is 34.7 Å². The van der Waals surface area contributed by atoms with Gasteiger partial charge in [0.2, 0.25) is 0 Å². The largest absolute Gasteiger partial charge is 0.465 e. The van der Waals surface area contributed by atoms with Crippen LogP contribution in [0.15, 0.2) is 24.3 Å². The van der Waals surface area contributed by atoms with Gasteiger partial charge in [0.25, 0.3) is 0 Å². The summed E-state index contributed by atoms with van der Waals surface area (Å²) in [7, 11) is 3.06. The minimum Gasteiger partial charge on any atom is -0.465 e. The number of aromatic nitrogens is 1. The summed E-state index contributed by atoms with van der Waals surface area (Å²) in [5.41, 5.74) is 2.06. The standard InChI is InChI=1S/C17H19NO4S/c1-11-14-12-6-4-5-7-13(12)18(10-22-9-8-20-2)16(14)23-15(11)17(19)21-3/h4-7H,8-10H2,1-3H3. The van der Waals surface area contributed by atoms with Crippen molar-refractivity contribution < 1.29 is 19.0 Å². The Kier molecular flexibility index (Phi) is 4.66. The number of ether oxygens (including phenoxy) is 3. The minimum absolute atomic E-state index is 0.292. The molecule has 2 aromatic heterocycles. The number of esters is 1. The molecule has 0 aliphatic rings. The van der Waals surface area contributed by atoms with Crippen LogP contribution in [0, 0.1) is 6.92 Å². The molecule has 0 amide bonds. The van der Waals surface area contributed by atoms with Crippen LogP contribution >= 0.6 is 11.3 Å². The predicted octanol–water partition coefficient (Wildman–Crippen LogP) is 3.57. The second-order valence-electron chi connectivity index (χ2n) is 5.20. The van der Waals surface area contributed by atoms with Gasteiger partial charge in [0, 0.05) is 17.9 Å². The zero-order chi connectivity index (χ0) is 16.4. The molecule has 0 unspecified atom stereocenters. The normalized spacial score (nSPS) is 11.4. The molecule has 5 nitrogen and oxygen atoms in total. The summed E-state index contributed by atoms with van der Waals surface area (Å²) < 4.78 is 17.7. The van der Waals surface area contributed by atoms with Crippen LogP contribution in [0.2, 0.25) is 0 Å². The number of thiophene rings is 1. The lowest BCUT2D eigenvalue weighted by Crippen LogP contribution is -2.06. The van der Waals surface area contributed by atoms with E-state index in [0.717, 1.165) is 26.7 Å². The lowest BCUT2D eigenvalue weighted by atomic mass is 10.1. The first-order valence-corrected chi connectivity index (χ1v) is 8.16. The molecule has 0 bridgehead atoms. The van der Waals surface area contributed by atoms with Crippen LogP contribution in [-0.4, -0.2) is 38.0 Å². The van der Waals surface area contributed by atoms with Crippen molar-refractivity contribution in [2.75, 3.05) is 27.4 Å². The van der Waals surface area contributed by atoms with Crippen molar-refractivity contribution in [3.63, 3.8) is 0 Å². The molecule has 0 saturated carbocycles. The highest BCUT2D eigenvalue weighted by Gasteiger charge is 2.21. The highest BCUT2D eigenvalue weighted by Crippen LogP contribution is 2.39. The molecule has 122 valence electrons. The maximum absolute atomic E-state index is 12.0. The third-order valence-electron chi connectivity index (χ3n) is 3.86. The Balaban J connectivity index is 2.13. The SMILES string of the molecule is COCCOCn1c2ccccc2c2c(C)c(C(=O)OC)sc21. The monoisotopic (exact) mass is 333 g/mol. The van der Waals surface area contributed by atoms with E-state index in [2.05, 4.69) is 16.7 Å². The van der Waals surface area contributed by atoms with Crippen molar-refractivity contribution in [1.29, 1.82) is 0 Å². The van der Waals surface area contributed by atoms with E-state index in [1.807, 2.05) is 19.1 Å². The smallest absolute Gasteiger partial charge is 0.348 e. The van der Waals surface area contributed by atoms with E-state index < -0.39 is 0 Å². The second kappa shape index (κ2) is 6.70. The summed E-state index contributed by atoms with van der Waals surface area (Å²) in [6.07, 6.45) is 0. The first-order valence-electron chi connectivity index (χ1n) is 7.34. The molecule has 0 spiro atoms. The van der Waals surface area contributed by atoms with Crippen LogP contribution in [0.5, 0.6) is 0 Å². The first kappa shape index (κ1) is 16.0. The van der Waals surface area contributed by atoms with E-state index in [1.165, 1.54) is 18.4 Å². The van der Waals surface area contributed by atoms with Gasteiger partial charge in [-0.2, -0.15) is 0 Å². The number of benzene rings is 1. The molecule has 0 saturated heterocycles. The van der Waals surface area contributed by atoms with E-state index in [0.29, 0.717) is 24.8 Å². The summed E-state index contributed by atoms with van der Waals surface area (Å²) in [6.45, 7) is 3.47. The van der Waals surface area contributed by atoms with Gasteiger partial charge in [0.15, 0.2) is 0 Å². The average Bonchev–Trinajstić information content (AvgIpc) is 3.07. The number of carbonyl (C=O) groups excluding carboxylic acids is 1. The molecule has 2 heterocycles. The van der Waals surface area contributed by atoms with E-state index in [-0.39, 0.29) is 5.97 Å². The van der Waals surface area contributed by atoms with Gasteiger partial charge in [-0.25, -0.2) is 4.79 Å². The number of aryl methyl sites for hydroxylation is 1. The molecular formula is C17H19NO4S. The van der Waals surface area contributed by atoms with Gasteiger partial charge < -0.3 is 18.8 Å². The van der Waals surface area contributed by atoms with Crippen LogP contribution in [0.4, 0.5) is 0 Å². The molecule has 1 aromatic carbocycles. The van der Waals surface area contributed by atoms with Crippen LogP contribution in [0.1, 0.15) is 15.2 Å². The summed E-state index contributed by atoms with van der Waals surface area (Å²) in [5, 5.41) is 2.23. The number of hydrogen-bond donors (Lipinski definition) is 0. The number of fused-ring (bicyclic) bond motifs is 3. The fourth-order valence-electron chi connectivity index (χ4n) is 2.75. The Morgan fingerprint density at radius 1 is 1.22 bits per heavy atom. The molecule has 3 rings (SSSR count). The number of hydrogen-bond acceptors (Lipinski definition) is 5. The van der Waals surface area contributed by atoms with Gasteiger partial charge >= 0.3 is 5.97 Å². The Morgan fingerprint density at radius 2 is 2.00 bits per heavy atom. The molecule has 6 heteroatoms. The van der Waals surface area contributed by atoms with Crippen LogP contribution in [0.25, 0.3) is 21.1 Å². The van der Waals surface area contributed by atoms with Gasteiger partial charge in [0.05, 0.1) is 25.8 Å². The Bertz CT molecular complexity index is 849. The minimum atomic E-state index is -0.292. The molecular weight excluding hydrogens is 314 g/mol. The summed E-state index contributed by atoms with van der Waals surface area (Å²) in [6, 6.07) is 8.16. The van der Waals surface area contributed by atoms with Gasteiger partial charge in [0.1, 0.15) is 16.4 Å². The van der Waals surface area contributed by atoms with E-state index >= 15 is 0 Å². The van der Waals surface area contributed by atoms with Crippen molar-refractivity contribution >= 4 is 38.4 Å². The Hall–Kier alpha value is -1.89. The molecule has 23 heavy (non-hydrogen) atoms. The summed E-state index contributed by atoms with van der Waals surface area (Å²) >= 11 is 1.45. The average molecular weight is 333 g/mol. The van der Waals surface area contributed by atoms with E-state index in [4.69, 9.17) is 14.2 Å². The number of methoxy groups -OCH3 is 2. The summed E-state index contributed by atoms with van der Waals surface area (Å²) in [4.78, 5) is 13.7. The molecule has 0 radical (unpaired) electrons. The van der Waals surface area contributed by atoms with Crippen molar-refractivity contribution in [2.45, 2.75) is 13.7 Å². The highest BCUT2D eigenvalue weighted by atomic mass is 32.1. The quantitative estimate of drug-likeness (QED) is 0.511. The van der Waals surface area contributed by atoms with Crippen molar-refractivity contribution in [1.82, 2.24) is 4.57 Å². The Labute approximate surface area is 138 Å². The fraction of sp³-hybridized carbons (Fsp3) is 0.353. The van der Waals surface area contributed by atoms with Crippen molar-refractivity contribution in [2.24, 2.45) is 0 Å². The van der Waals surface area contributed by atoms with Gasteiger partial charge in [-0.05, 0) is 18.6 Å². The zero-order valence-electron chi connectivity index (χ0n) is 13.4. The van der Waals surface area contributed by atoms with Gasteiger partial charge in [-0.15, -0.1) is 11.3 Å². The topological polar surface area (TPSA) is 49.7 Å². The number of para-hydroxylation sites is 1. The van der Waals surface area contributed by atoms with Crippen LogP contribution in [0.3, 0.4) is 0 Å². The fourth-order valence-corrected chi connectivity index (χ4v) is 3.99. The number of rotatable bonds is 6. The van der Waals surface area contributed by atoms with Gasteiger partial charge in [-0.1, -0.05) is 18.2 Å². The third-order valence-corrected chi connectivity index (χ3v) is 5.16. The maximum atomic E-state index is 12.0. The lowest BCUT2D eigenvalue weighted by molar-refractivity contribution is 0.0378. The number of nitrogens with zero attached hydrogens (tertiary/aromatic N) is 1. The lowest BCUT2D eigenvalue weighted by Gasteiger charge is -2.07. The molecule has 0 N–H and O–H groups in total. The highest BCUT2D eigenvalue weighted by molar-refractivity contribution is 7.21. The molecule has 0 aliphatic heterocycles. The maximum Gasteiger partial charge on any atom is 0.348 e. The van der Waals surface area contributed by atoms with Crippen LogP contribution in [-0.2, 0) is 20.9 Å². The molecule has 0 fully saturated rings. The predicted molar refractivity (Wildman–Crippen MR) is 91.2 cm³/mol. The third kappa shape index (κ3) is 2.73. The summed E-state index contributed by atoms with van der Waals surface area (Å²) in [5.74, 6) is -0.292. The van der Waals surface area contributed by atoms with Crippen molar-refractivity contribution in [3.8, 4) is 0 Å². The molecule has 0 aliphatic carbocycles. The number of carbonyl (C=O) groups is 1. The van der Waals surface area contributed by atoms with Gasteiger partial charge in [-0.3, -0.25) is 0 Å². The zero-order valence-corrected chi connectivity index (χ0v) is 14.2. The second-order valence-corrected chi connectivity index (χ2v) is 6.20. The molecule has 0 atom stereocenters. The Morgan fingerprint density at radius 3 is 2.74 bits per heavy atom. The van der Waals surface area contributed by atoms with Crippen LogP contribution < -0.4 is 0 Å². The van der Waals surface area contributed by atoms with E-state index in [9.17, 15) is 4.79 Å². The molecule has 3 aromatic rings. The van der Waals surface area contributed by atoms with E-state index in [1.54, 1.807) is 7.11 Å². The first-order chi connectivity index (χ1) is 11.2.